The van der Waals surface area contributed by atoms with Crippen molar-refractivity contribution in [1.29, 1.82) is 0 Å². The molecule has 128 valence electrons. The van der Waals surface area contributed by atoms with Crippen LogP contribution >= 0.6 is 0 Å². The smallest absolute Gasteiger partial charge is 0.338 e. The number of ether oxygens (including phenoxy) is 3. The minimum atomic E-state index is -0.659. The zero-order chi connectivity index (χ0) is 17.8. The third-order valence-electron chi connectivity index (χ3n) is 3.52. The highest BCUT2D eigenvalue weighted by Crippen LogP contribution is 2.32. The number of para-hydroxylation sites is 1. The number of carbonyl (C=O) groups excluding carboxylic acids is 3. The molecule has 2 aromatic rings. The molecule has 0 spiro atoms. The molecule has 0 unspecified atom stereocenters. The third kappa shape index (κ3) is 3.77. The van der Waals surface area contributed by atoms with E-state index in [2.05, 4.69) is 5.32 Å². The zero-order valence-electron chi connectivity index (χ0n) is 13.4. The van der Waals surface area contributed by atoms with E-state index in [0.29, 0.717) is 22.7 Å². The molecule has 0 bridgehead atoms. The molecule has 1 aliphatic heterocycles. The van der Waals surface area contributed by atoms with Crippen molar-refractivity contribution in [1.82, 2.24) is 0 Å². The molecule has 0 saturated heterocycles. The fourth-order valence-corrected chi connectivity index (χ4v) is 2.32. The van der Waals surface area contributed by atoms with Crippen molar-refractivity contribution in [3.8, 4) is 11.5 Å². The number of amides is 1. The summed E-state index contributed by atoms with van der Waals surface area (Å²) in [5.74, 6) is -0.367. The SMILES string of the molecule is CC(=O)c1ccccc1NC(=O)COC(=O)c1ccc2c(c1)OCO2. The van der Waals surface area contributed by atoms with Gasteiger partial charge in [-0.1, -0.05) is 12.1 Å². The van der Waals surface area contributed by atoms with Crippen LogP contribution in [0.4, 0.5) is 5.69 Å². The molecule has 7 heteroatoms. The van der Waals surface area contributed by atoms with Crippen molar-refractivity contribution in [3.05, 3.63) is 53.6 Å². The van der Waals surface area contributed by atoms with E-state index in [-0.39, 0.29) is 18.1 Å². The first-order valence-electron chi connectivity index (χ1n) is 7.51. The van der Waals surface area contributed by atoms with Crippen LogP contribution in [-0.2, 0) is 9.53 Å². The highest BCUT2D eigenvalue weighted by molar-refractivity contribution is 6.04. The maximum Gasteiger partial charge on any atom is 0.338 e. The largest absolute Gasteiger partial charge is 0.454 e. The highest BCUT2D eigenvalue weighted by Gasteiger charge is 2.18. The lowest BCUT2D eigenvalue weighted by molar-refractivity contribution is -0.119. The standard InChI is InChI=1S/C18H15NO6/c1-11(20)13-4-2-3-5-14(13)19-17(21)9-23-18(22)12-6-7-15-16(8-12)25-10-24-15/h2-8H,9-10H2,1H3,(H,19,21). The van der Waals surface area contributed by atoms with Crippen molar-refractivity contribution >= 4 is 23.3 Å². The number of hydrogen-bond donors (Lipinski definition) is 1. The van der Waals surface area contributed by atoms with Crippen LogP contribution in [0.3, 0.4) is 0 Å². The molecule has 1 N–H and O–H groups in total. The van der Waals surface area contributed by atoms with Crippen molar-refractivity contribution < 1.29 is 28.6 Å². The lowest BCUT2D eigenvalue weighted by atomic mass is 10.1. The highest BCUT2D eigenvalue weighted by atomic mass is 16.7. The van der Waals surface area contributed by atoms with E-state index >= 15 is 0 Å². The third-order valence-corrected chi connectivity index (χ3v) is 3.52. The van der Waals surface area contributed by atoms with Gasteiger partial charge < -0.3 is 19.5 Å². The summed E-state index contributed by atoms with van der Waals surface area (Å²) >= 11 is 0. The van der Waals surface area contributed by atoms with Crippen LogP contribution in [0.15, 0.2) is 42.5 Å². The lowest BCUT2D eigenvalue weighted by Gasteiger charge is -2.09. The molecular formula is C18H15NO6. The van der Waals surface area contributed by atoms with Gasteiger partial charge in [-0.05, 0) is 37.3 Å². The first-order valence-corrected chi connectivity index (χ1v) is 7.51. The second kappa shape index (κ2) is 7.04. The number of fused-ring (bicyclic) bond motifs is 1. The Balaban J connectivity index is 1.59. The fraction of sp³-hybridized carbons (Fsp3) is 0.167. The number of esters is 1. The van der Waals surface area contributed by atoms with Crippen molar-refractivity contribution in [3.63, 3.8) is 0 Å². The average Bonchev–Trinajstić information content (AvgIpc) is 3.07. The number of anilines is 1. The normalized spacial score (nSPS) is 11.7. The number of nitrogens with one attached hydrogen (secondary N) is 1. The number of Topliss-reactive ketones (excluding diaryl/α,β-unsaturated/α-hetero) is 1. The van der Waals surface area contributed by atoms with Gasteiger partial charge in [-0.3, -0.25) is 9.59 Å². The Morgan fingerprint density at radius 2 is 1.84 bits per heavy atom. The summed E-state index contributed by atoms with van der Waals surface area (Å²) in [6, 6.07) is 11.2. The van der Waals surface area contributed by atoms with Crippen LogP contribution < -0.4 is 14.8 Å². The average molecular weight is 341 g/mol. The second-order valence-corrected chi connectivity index (χ2v) is 5.29. The summed E-state index contributed by atoms with van der Waals surface area (Å²) in [5.41, 5.74) is 1.01. The van der Waals surface area contributed by atoms with Crippen molar-refractivity contribution in [2.24, 2.45) is 0 Å². The van der Waals surface area contributed by atoms with Gasteiger partial charge in [0.2, 0.25) is 6.79 Å². The first kappa shape index (κ1) is 16.5. The number of rotatable bonds is 5. The molecule has 0 atom stereocenters. The van der Waals surface area contributed by atoms with Crippen LogP contribution in [0.25, 0.3) is 0 Å². The molecule has 0 saturated carbocycles. The van der Waals surface area contributed by atoms with Gasteiger partial charge >= 0.3 is 5.97 Å². The minimum absolute atomic E-state index is 0.103. The van der Waals surface area contributed by atoms with E-state index < -0.39 is 18.5 Å². The molecule has 7 nitrogen and oxygen atoms in total. The van der Waals surface area contributed by atoms with Gasteiger partial charge in [0.1, 0.15) is 0 Å². The molecule has 0 aliphatic carbocycles. The maximum atomic E-state index is 12.0. The molecule has 2 aromatic carbocycles. The molecule has 0 fully saturated rings. The number of carbonyl (C=O) groups is 3. The molecule has 1 heterocycles. The van der Waals surface area contributed by atoms with Gasteiger partial charge in [0.05, 0.1) is 11.3 Å². The quantitative estimate of drug-likeness (QED) is 0.663. The predicted molar refractivity (Wildman–Crippen MR) is 87.9 cm³/mol. The topological polar surface area (TPSA) is 90.9 Å². The number of benzene rings is 2. The van der Waals surface area contributed by atoms with Gasteiger partial charge in [-0.2, -0.15) is 0 Å². The van der Waals surface area contributed by atoms with Crippen LogP contribution in [0.2, 0.25) is 0 Å². The van der Waals surface area contributed by atoms with Gasteiger partial charge in [-0.25, -0.2) is 4.79 Å². The minimum Gasteiger partial charge on any atom is -0.454 e. The summed E-state index contributed by atoms with van der Waals surface area (Å²) in [5, 5.41) is 2.56. The van der Waals surface area contributed by atoms with E-state index in [4.69, 9.17) is 14.2 Å². The monoisotopic (exact) mass is 341 g/mol. The van der Waals surface area contributed by atoms with Gasteiger partial charge in [-0.15, -0.1) is 0 Å². The maximum absolute atomic E-state index is 12.0. The van der Waals surface area contributed by atoms with E-state index in [1.807, 2.05) is 0 Å². The van der Waals surface area contributed by atoms with Crippen molar-refractivity contribution in [2.75, 3.05) is 18.7 Å². The summed E-state index contributed by atoms with van der Waals surface area (Å²) in [6.07, 6.45) is 0. The Labute approximate surface area is 143 Å². The first-order chi connectivity index (χ1) is 12.0. The Kier molecular flexibility index (Phi) is 4.65. The summed E-state index contributed by atoms with van der Waals surface area (Å²) in [7, 11) is 0. The van der Waals surface area contributed by atoms with Crippen LogP contribution in [0.1, 0.15) is 27.6 Å². The molecular weight excluding hydrogens is 326 g/mol. The van der Waals surface area contributed by atoms with Gasteiger partial charge in [0.25, 0.3) is 5.91 Å². The van der Waals surface area contributed by atoms with E-state index in [9.17, 15) is 14.4 Å². The fourth-order valence-electron chi connectivity index (χ4n) is 2.32. The summed E-state index contributed by atoms with van der Waals surface area (Å²) < 4.78 is 15.3. The van der Waals surface area contributed by atoms with Crippen molar-refractivity contribution in [2.45, 2.75) is 6.92 Å². The Bertz CT molecular complexity index is 845. The number of hydrogen-bond acceptors (Lipinski definition) is 6. The second-order valence-electron chi connectivity index (χ2n) is 5.29. The molecule has 1 amide bonds. The van der Waals surface area contributed by atoms with Crippen LogP contribution in [0, 0.1) is 0 Å². The van der Waals surface area contributed by atoms with Crippen LogP contribution in [-0.4, -0.2) is 31.1 Å². The Hall–Kier alpha value is -3.35. The van der Waals surface area contributed by atoms with E-state index in [1.54, 1.807) is 30.3 Å². The Morgan fingerprint density at radius 3 is 2.64 bits per heavy atom. The van der Waals surface area contributed by atoms with Gasteiger partial charge in [0.15, 0.2) is 23.9 Å². The molecule has 1 aliphatic rings. The molecule has 3 rings (SSSR count). The molecule has 0 aromatic heterocycles. The van der Waals surface area contributed by atoms with E-state index in [1.165, 1.54) is 19.1 Å². The summed E-state index contributed by atoms with van der Waals surface area (Å²) in [6.45, 7) is 1.04. The lowest BCUT2D eigenvalue weighted by Crippen LogP contribution is -2.22. The van der Waals surface area contributed by atoms with Crippen LogP contribution in [0.5, 0.6) is 11.5 Å². The molecule has 25 heavy (non-hydrogen) atoms. The van der Waals surface area contributed by atoms with E-state index in [0.717, 1.165) is 0 Å². The number of ketones is 1. The zero-order valence-corrected chi connectivity index (χ0v) is 13.4. The van der Waals surface area contributed by atoms with Gasteiger partial charge in [0, 0.05) is 5.56 Å². The molecule has 0 radical (unpaired) electrons. The predicted octanol–water partition coefficient (Wildman–Crippen LogP) is 2.41. The summed E-state index contributed by atoms with van der Waals surface area (Å²) in [4.78, 5) is 35.5. The Morgan fingerprint density at radius 1 is 1.08 bits per heavy atom.